The Balaban J connectivity index is 1.75. The SMILES string of the molecule is CCCCOc1ccc(-c2ccc(-c3ccc(OC(F)F)cc3)c(F)c2)cc1. The van der Waals surface area contributed by atoms with Gasteiger partial charge in [0.1, 0.15) is 17.3 Å². The van der Waals surface area contributed by atoms with Crippen molar-refractivity contribution in [3.8, 4) is 33.8 Å². The first kappa shape index (κ1) is 19.8. The quantitative estimate of drug-likeness (QED) is 0.390. The maximum Gasteiger partial charge on any atom is 0.387 e. The highest BCUT2D eigenvalue weighted by atomic mass is 19.3. The smallest absolute Gasteiger partial charge is 0.387 e. The summed E-state index contributed by atoms with van der Waals surface area (Å²) in [5.41, 5.74) is 2.62. The molecule has 0 radical (unpaired) electrons. The summed E-state index contributed by atoms with van der Waals surface area (Å²) in [7, 11) is 0. The molecule has 146 valence electrons. The second-order valence-electron chi connectivity index (χ2n) is 6.32. The number of rotatable bonds is 8. The van der Waals surface area contributed by atoms with Crippen LogP contribution in [0.5, 0.6) is 11.5 Å². The van der Waals surface area contributed by atoms with Crippen LogP contribution in [-0.2, 0) is 0 Å². The first-order valence-electron chi connectivity index (χ1n) is 9.15. The van der Waals surface area contributed by atoms with E-state index in [9.17, 15) is 13.2 Å². The van der Waals surface area contributed by atoms with E-state index in [2.05, 4.69) is 11.7 Å². The lowest BCUT2D eigenvalue weighted by molar-refractivity contribution is -0.0498. The van der Waals surface area contributed by atoms with Crippen molar-refractivity contribution in [1.29, 1.82) is 0 Å². The minimum Gasteiger partial charge on any atom is -0.494 e. The van der Waals surface area contributed by atoms with Crippen LogP contribution in [0.3, 0.4) is 0 Å². The zero-order chi connectivity index (χ0) is 19.9. The Hall–Kier alpha value is -2.95. The minimum atomic E-state index is -2.88. The molecule has 0 spiro atoms. The Bertz CT molecular complexity index is 891. The van der Waals surface area contributed by atoms with Crippen molar-refractivity contribution in [3.05, 3.63) is 72.5 Å². The third kappa shape index (κ3) is 5.06. The van der Waals surface area contributed by atoms with Gasteiger partial charge in [-0.1, -0.05) is 49.7 Å². The summed E-state index contributed by atoms with van der Waals surface area (Å²) in [6, 6.07) is 18.4. The number of halogens is 3. The highest BCUT2D eigenvalue weighted by molar-refractivity contribution is 5.71. The van der Waals surface area contributed by atoms with Crippen molar-refractivity contribution in [3.63, 3.8) is 0 Å². The number of hydrogen-bond acceptors (Lipinski definition) is 2. The molecular formula is C23H21F3O2. The molecule has 3 aromatic rings. The summed E-state index contributed by atoms with van der Waals surface area (Å²) in [5, 5.41) is 0. The summed E-state index contributed by atoms with van der Waals surface area (Å²) in [5.74, 6) is 0.445. The van der Waals surface area contributed by atoms with Gasteiger partial charge in [0.15, 0.2) is 0 Å². The summed E-state index contributed by atoms with van der Waals surface area (Å²) in [6.07, 6.45) is 2.08. The monoisotopic (exact) mass is 386 g/mol. The lowest BCUT2D eigenvalue weighted by atomic mass is 9.99. The van der Waals surface area contributed by atoms with E-state index in [-0.39, 0.29) is 11.6 Å². The van der Waals surface area contributed by atoms with Gasteiger partial charge in [-0.3, -0.25) is 0 Å². The number of benzene rings is 3. The van der Waals surface area contributed by atoms with Crippen LogP contribution in [-0.4, -0.2) is 13.2 Å². The fourth-order valence-corrected chi connectivity index (χ4v) is 2.82. The van der Waals surface area contributed by atoms with Crippen LogP contribution < -0.4 is 9.47 Å². The van der Waals surface area contributed by atoms with Crippen LogP contribution in [0.1, 0.15) is 19.8 Å². The van der Waals surface area contributed by atoms with E-state index in [1.54, 1.807) is 18.2 Å². The molecule has 2 nitrogen and oxygen atoms in total. The van der Waals surface area contributed by atoms with Crippen LogP contribution in [0.25, 0.3) is 22.3 Å². The molecule has 28 heavy (non-hydrogen) atoms. The average molecular weight is 386 g/mol. The lowest BCUT2D eigenvalue weighted by Gasteiger charge is -2.10. The average Bonchev–Trinajstić information content (AvgIpc) is 2.69. The van der Waals surface area contributed by atoms with E-state index in [1.165, 1.54) is 18.2 Å². The second kappa shape index (κ2) is 9.31. The van der Waals surface area contributed by atoms with Crippen molar-refractivity contribution in [1.82, 2.24) is 0 Å². The van der Waals surface area contributed by atoms with Gasteiger partial charge in [-0.15, -0.1) is 0 Å². The van der Waals surface area contributed by atoms with Gasteiger partial charge in [-0.25, -0.2) is 4.39 Å². The summed E-state index contributed by atoms with van der Waals surface area (Å²) < 4.78 is 49.0. The molecule has 0 aliphatic carbocycles. The third-order valence-electron chi connectivity index (χ3n) is 4.31. The molecule has 0 bridgehead atoms. The molecule has 0 fully saturated rings. The molecular weight excluding hydrogens is 365 g/mol. The summed E-state index contributed by atoms with van der Waals surface area (Å²) >= 11 is 0. The topological polar surface area (TPSA) is 18.5 Å². The van der Waals surface area contributed by atoms with Gasteiger partial charge in [0.25, 0.3) is 0 Å². The maximum atomic E-state index is 14.6. The van der Waals surface area contributed by atoms with Crippen LogP contribution in [0.2, 0.25) is 0 Å². The van der Waals surface area contributed by atoms with E-state index in [1.807, 2.05) is 30.3 Å². The molecule has 3 aromatic carbocycles. The number of alkyl halides is 2. The Morgan fingerprint density at radius 2 is 1.39 bits per heavy atom. The first-order chi connectivity index (χ1) is 13.6. The molecule has 5 heteroatoms. The highest BCUT2D eigenvalue weighted by Crippen LogP contribution is 2.30. The molecule has 0 amide bonds. The lowest BCUT2D eigenvalue weighted by Crippen LogP contribution is -2.01. The van der Waals surface area contributed by atoms with E-state index < -0.39 is 6.61 Å². The molecule has 0 unspecified atom stereocenters. The Morgan fingerprint density at radius 3 is 2.00 bits per heavy atom. The second-order valence-corrected chi connectivity index (χ2v) is 6.32. The number of hydrogen-bond donors (Lipinski definition) is 0. The molecule has 0 aliphatic heterocycles. The third-order valence-corrected chi connectivity index (χ3v) is 4.31. The van der Waals surface area contributed by atoms with Gasteiger partial charge in [-0.2, -0.15) is 8.78 Å². The minimum absolute atomic E-state index is 0.0389. The van der Waals surface area contributed by atoms with Crippen molar-refractivity contribution in [2.24, 2.45) is 0 Å². The van der Waals surface area contributed by atoms with Crippen molar-refractivity contribution in [2.75, 3.05) is 6.61 Å². The van der Waals surface area contributed by atoms with Crippen LogP contribution in [0.15, 0.2) is 66.7 Å². The predicted octanol–water partition coefficient (Wildman–Crippen LogP) is 6.94. The fourth-order valence-electron chi connectivity index (χ4n) is 2.82. The molecule has 0 saturated carbocycles. The van der Waals surface area contributed by atoms with Crippen molar-refractivity contribution in [2.45, 2.75) is 26.4 Å². The Morgan fingerprint density at radius 1 is 0.786 bits per heavy atom. The van der Waals surface area contributed by atoms with Crippen LogP contribution >= 0.6 is 0 Å². The van der Waals surface area contributed by atoms with Gasteiger partial charge in [0.05, 0.1) is 6.61 Å². The molecule has 0 N–H and O–H groups in total. The molecule has 0 heterocycles. The van der Waals surface area contributed by atoms with Gasteiger partial charge < -0.3 is 9.47 Å². The molecule has 0 aromatic heterocycles. The molecule has 0 saturated heterocycles. The van der Waals surface area contributed by atoms with E-state index in [4.69, 9.17) is 4.74 Å². The molecule has 0 atom stereocenters. The van der Waals surface area contributed by atoms with Crippen molar-refractivity contribution >= 4 is 0 Å². The zero-order valence-corrected chi connectivity index (χ0v) is 15.5. The Labute approximate surface area is 162 Å². The molecule has 0 aliphatic rings. The highest BCUT2D eigenvalue weighted by Gasteiger charge is 2.09. The first-order valence-corrected chi connectivity index (χ1v) is 9.15. The van der Waals surface area contributed by atoms with Crippen molar-refractivity contribution < 1.29 is 22.6 Å². The van der Waals surface area contributed by atoms with E-state index >= 15 is 0 Å². The standard InChI is InChI=1S/C23H21F3O2/c1-2-3-14-27-19-9-4-16(5-10-19)18-8-13-21(22(24)15-18)17-6-11-20(12-7-17)28-23(25)26/h4-13,15,23H,2-3,14H2,1H3. The van der Waals surface area contributed by atoms with Crippen LogP contribution in [0.4, 0.5) is 13.2 Å². The largest absolute Gasteiger partial charge is 0.494 e. The summed E-state index contributed by atoms with van der Waals surface area (Å²) in [6.45, 7) is -0.0957. The van der Waals surface area contributed by atoms with Gasteiger partial charge >= 0.3 is 6.61 Å². The van der Waals surface area contributed by atoms with Gasteiger partial charge in [-0.05, 0) is 53.4 Å². The Kier molecular flexibility index (Phi) is 6.58. The molecule has 3 rings (SSSR count). The van der Waals surface area contributed by atoms with Gasteiger partial charge in [0.2, 0.25) is 0 Å². The maximum absolute atomic E-state index is 14.6. The fraction of sp³-hybridized carbons (Fsp3) is 0.217. The zero-order valence-electron chi connectivity index (χ0n) is 15.5. The number of ether oxygens (including phenoxy) is 2. The van der Waals surface area contributed by atoms with Crippen LogP contribution in [0, 0.1) is 5.82 Å². The van der Waals surface area contributed by atoms with E-state index in [0.29, 0.717) is 17.7 Å². The van der Waals surface area contributed by atoms with E-state index in [0.717, 1.165) is 29.7 Å². The van der Waals surface area contributed by atoms with Gasteiger partial charge in [0, 0.05) is 5.56 Å². The summed E-state index contributed by atoms with van der Waals surface area (Å²) in [4.78, 5) is 0. The predicted molar refractivity (Wildman–Crippen MR) is 104 cm³/mol. The number of unbranched alkanes of at least 4 members (excludes halogenated alkanes) is 1. The normalized spacial score (nSPS) is 10.9.